The average molecular weight is 479 g/mol. The molecule has 0 saturated heterocycles. The molecule has 3 aromatic rings. The molecule has 1 atom stereocenters. The van der Waals surface area contributed by atoms with Crippen LogP contribution in [-0.4, -0.2) is 28.7 Å². The molecule has 0 radical (unpaired) electrons. The van der Waals surface area contributed by atoms with Gasteiger partial charge in [0.05, 0.1) is 23.5 Å². The number of hydrogen-bond donors (Lipinski definition) is 3. The van der Waals surface area contributed by atoms with E-state index in [2.05, 4.69) is 5.48 Å². The minimum Gasteiger partial charge on any atom is -0.477 e. The second kappa shape index (κ2) is 8.83. The summed E-state index contributed by atoms with van der Waals surface area (Å²) in [4.78, 5) is 31.8. The summed E-state index contributed by atoms with van der Waals surface area (Å²) in [6.07, 6.45) is 4.91. The Kier molecular flexibility index (Phi) is 5.82. The first-order chi connectivity index (χ1) is 16.8. The van der Waals surface area contributed by atoms with Crippen LogP contribution in [0.15, 0.2) is 65.4 Å². The summed E-state index contributed by atoms with van der Waals surface area (Å²) >= 11 is 0. The first kappa shape index (κ1) is 23.1. The lowest BCUT2D eigenvalue weighted by Gasteiger charge is -2.27. The maximum atomic E-state index is 15.3. The molecule has 0 bridgehead atoms. The molecular formula is C26H27FN4O4. The SMILES string of the molecule is CC1(CN)CN(c2cc3c(cc2F)c(=O)c(C(=O)O)cn3C2CC2)C=C1NOCc1ccccc1. The molecule has 2 heterocycles. The molecule has 1 aliphatic carbocycles. The molecule has 1 fully saturated rings. The van der Waals surface area contributed by atoms with E-state index in [1.165, 1.54) is 6.20 Å². The number of nitrogens with one attached hydrogen (secondary N) is 1. The number of carboxylic acids is 1. The molecule has 4 N–H and O–H groups in total. The third-order valence-corrected chi connectivity index (χ3v) is 6.75. The number of nitrogens with zero attached hydrogens (tertiary/aromatic N) is 2. The number of carboxylic acid groups (broad SMARTS) is 1. The number of benzene rings is 2. The Hall–Kier alpha value is -3.69. The third kappa shape index (κ3) is 4.28. The highest BCUT2D eigenvalue weighted by Gasteiger charge is 2.37. The smallest absolute Gasteiger partial charge is 0.341 e. The van der Waals surface area contributed by atoms with Crippen molar-refractivity contribution in [2.75, 3.05) is 18.0 Å². The van der Waals surface area contributed by atoms with Crippen LogP contribution in [0.2, 0.25) is 0 Å². The molecule has 0 amide bonds. The second-order valence-corrected chi connectivity index (χ2v) is 9.45. The van der Waals surface area contributed by atoms with E-state index in [1.54, 1.807) is 21.7 Å². The Bertz CT molecular complexity index is 1380. The summed E-state index contributed by atoms with van der Waals surface area (Å²) in [6.45, 7) is 3.03. The van der Waals surface area contributed by atoms with Crippen LogP contribution in [0.3, 0.4) is 0 Å². The molecule has 5 rings (SSSR count). The number of rotatable bonds is 8. The van der Waals surface area contributed by atoms with Crippen LogP contribution in [0.4, 0.5) is 10.1 Å². The number of hydroxylamine groups is 1. The maximum absolute atomic E-state index is 15.3. The molecule has 2 aliphatic rings. The van der Waals surface area contributed by atoms with Gasteiger partial charge in [-0.1, -0.05) is 37.3 Å². The summed E-state index contributed by atoms with van der Waals surface area (Å²) in [5.74, 6) is -1.93. The normalized spacial score (nSPS) is 19.7. The number of nitrogens with two attached hydrogens (primary N) is 1. The van der Waals surface area contributed by atoms with Gasteiger partial charge in [0.2, 0.25) is 5.43 Å². The molecule has 0 spiro atoms. The third-order valence-electron chi connectivity index (χ3n) is 6.75. The molecule has 8 nitrogen and oxygen atoms in total. The number of aromatic carboxylic acids is 1. The Morgan fingerprint density at radius 3 is 2.69 bits per heavy atom. The van der Waals surface area contributed by atoms with Gasteiger partial charge in [0.1, 0.15) is 11.4 Å². The molecule has 1 aromatic heterocycles. The van der Waals surface area contributed by atoms with E-state index in [4.69, 9.17) is 10.6 Å². The molecular weight excluding hydrogens is 451 g/mol. The highest BCUT2D eigenvalue weighted by molar-refractivity contribution is 5.93. The van der Waals surface area contributed by atoms with Gasteiger partial charge in [0.15, 0.2) is 0 Å². The van der Waals surface area contributed by atoms with Gasteiger partial charge < -0.3 is 20.3 Å². The Balaban J connectivity index is 1.49. The zero-order valence-electron chi connectivity index (χ0n) is 19.3. The number of fused-ring (bicyclic) bond motifs is 1. The fraction of sp³-hybridized carbons (Fsp3) is 0.308. The van der Waals surface area contributed by atoms with Gasteiger partial charge in [0.25, 0.3) is 0 Å². The fourth-order valence-corrected chi connectivity index (χ4v) is 4.45. The number of pyridine rings is 1. The first-order valence-electron chi connectivity index (χ1n) is 11.5. The van der Waals surface area contributed by atoms with Crippen LogP contribution in [-0.2, 0) is 11.4 Å². The standard InChI is InChI=1S/C26H27FN4O4/c1-26(14-28)15-30(12-23(26)29-35-13-16-5-3-2-4-6-16)22-10-21-18(9-20(22)27)24(32)19(25(33)34)11-31(21)17-7-8-17/h2-6,9-12,17,29H,7-8,13-15,28H2,1H3,(H,33,34). The van der Waals surface area contributed by atoms with Crippen LogP contribution in [0.25, 0.3) is 10.9 Å². The van der Waals surface area contributed by atoms with E-state index in [9.17, 15) is 14.7 Å². The van der Waals surface area contributed by atoms with Crippen molar-refractivity contribution in [1.82, 2.24) is 10.0 Å². The van der Waals surface area contributed by atoms with Crippen molar-refractivity contribution in [2.24, 2.45) is 11.1 Å². The molecule has 1 aliphatic heterocycles. The quantitative estimate of drug-likeness (QED) is 0.425. The summed E-state index contributed by atoms with van der Waals surface area (Å²) < 4.78 is 17.1. The minimum absolute atomic E-state index is 0.0624. The lowest BCUT2D eigenvalue weighted by Crippen LogP contribution is -2.38. The van der Waals surface area contributed by atoms with E-state index in [-0.39, 0.29) is 22.7 Å². The molecule has 182 valence electrons. The summed E-state index contributed by atoms with van der Waals surface area (Å²) in [5, 5.41) is 9.51. The number of aromatic nitrogens is 1. The number of hydrogen-bond acceptors (Lipinski definition) is 6. The van der Waals surface area contributed by atoms with Crippen molar-refractivity contribution in [3.05, 3.63) is 87.7 Å². The largest absolute Gasteiger partial charge is 0.477 e. The Morgan fingerprint density at radius 2 is 2.03 bits per heavy atom. The molecule has 1 saturated carbocycles. The van der Waals surface area contributed by atoms with E-state index in [0.717, 1.165) is 30.2 Å². The van der Waals surface area contributed by atoms with Gasteiger partial charge in [-0.25, -0.2) is 9.18 Å². The monoisotopic (exact) mass is 478 g/mol. The van der Waals surface area contributed by atoms with Gasteiger partial charge >= 0.3 is 5.97 Å². The summed E-state index contributed by atoms with van der Waals surface area (Å²) in [6, 6.07) is 12.6. The van der Waals surface area contributed by atoms with Crippen molar-refractivity contribution in [3.8, 4) is 0 Å². The summed E-state index contributed by atoms with van der Waals surface area (Å²) in [5.41, 5.74) is 10.1. The molecule has 1 unspecified atom stereocenters. The van der Waals surface area contributed by atoms with E-state index < -0.39 is 22.6 Å². The van der Waals surface area contributed by atoms with Crippen molar-refractivity contribution >= 4 is 22.6 Å². The maximum Gasteiger partial charge on any atom is 0.341 e. The zero-order valence-corrected chi connectivity index (χ0v) is 19.3. The van der Waals surface area contributed by atoms with Crippen LogP contribution >= 0.6 is 0 Å². The average Bonchev–Trinajstić information content (AvgIpc) is 3.63. The molecule has 35 heavy (non-hydrogen) atoms. The van der Waals surface area contributed by atoms with Gasteiger partial charge in [0, 0.05) is 42.3 Å². The van der Waals surface area contributed by atoms with Crippen molar-refractivity contribution in [3.63, 3.8) is 0 Å². The van der Waals surface area contributed by atoms with E-state index in [0.29, 0.717) is 25.2 Å². The first-order valence-corrected chi connectivity index (χ1v) is 11.5. The fourth-order valence-electron chi connectivity index (χ4n) is 4.45. The van der Waals surface area contributed by atoms with Crippen LogP contribution in [0.5, 0.6) is 0 Å². The van der Waals surface area contributed by atoms with Crippen molar-refractivity contribution < 1.29 is 19.1 Å². The van der Waals surface area contributed by atoms with Gasteiger partial charge in [-0.2, -0.15) is 0 Å². The van der Waals surface area contributed by atoms with E-state index in [1.807, 2.05) is 37.3 Å². The molecule has 9 heteroatoms. The van der Waals surface area contributed by atoms with Crippen LogP contribution in [0, 0.1) is 11.2 Å². The molecule has 2 aromatic carbocycles. The second-order valence-electron chi connectivity index (χ2n) is 9.45. The number of carbonyl (C=O) groups is 1. The minimum atomic E-state index is -1.32. The highest BCUT2D eigenvalue weighted by Crippen LogP contribution is 2.40. The van der Waals surface area contributed by atoms with Gasteiger partial charge in [-0.15, -0.1) is 0 Å². The van der Waals surface area contributed by atoms with E-state index >= 15 is 4.39 Å². The Morgan fingerprint density at radius 1 is 1.29 bits per heavy atom. The topological polar surface area (TPSA) is 110 Å². The van der Waals surface area contributed by atoms with Crippen LogP contribution in [0.1, 0.15) is 41.7 Å². The van der Waals surface area contributed by atoms with Crippen molar-refractivity contribution in [1.29, 1.82) is 0 Å². The summed E-state index contributed by atoms with van der Waals surface area (Å²) in [7, 11) is 0. The predicted octanol–water partition coefficient (Wildman–Crippen LogP) is 3.52. The van der Waals surface area contributed by atoms with Crippen molar-refractivity contribution in [2.45, 2.75) is 32.4 Å². The highest BCUT2D eigenvalue weighted by atomic mass is 19.1. The lowest BCUT2D eigenvalue weighted by molar-refractivity contribution is 0.0374. The Labute approximate surface area is 201 Å². The lowest BCUT2D eigenvalue weighted by atomic mass is 9.89. The predicted molar refractivity (Wildman–Crippen MR) is 130 cm³/mol. The number of halogens is 1. The van der Waals surface area contributed by atoms with Gasteiger partial charge in [-0.3, -0.25) is 15.1 Å². The van der Waals surface area contributed by atoms with Crippen LogP contribution < -0.4 is 21.5 Å². The van der Waals surface area contributed by atoms with Gasteiger partial charge in [-0.05, 0) is 30.5 Å². The number of anilines is 1. The zero-order chi connectivity index (χ0) is 24.7.